The lowest BCUT2D eigenvalue weighted by Gasteiger charge is -2.28. The van der Waals surface area contributed by atoms with E-state index in [0.29, 0.717) is 18.7 Å². The second-order valence-electron chi connectivity index (χ2n) is 5.02. The number of aryl methyl sites for hydroxylation is 1. The van der Waals surface area contributed by atoms with Crippen LogP contribution in [-0.4, -0.2) is 33.6 Å². The summed E-state index contributed by atoms with van der Waals surface area (Å²) in [6.07, 6.45) is -5.13. The molecule has 2 saturated heterocycles. The summed E-state index contributed by atoms with van der Waals surface area (Å²) < 4.78 is 48.4. The van der Waals surface area contributed by atoms with E-state index in [9.17, 15) is 18.0 Å². The van der Waals surface area contributed by atoms with Gasteiger partial charge in [0, 0.05) is 11.5 Å². The Hall–Kier alpha value is -1.22. The van der Waals surface area contributed by atoms with Crippen molar-refractivity contribution in [1.82, 2.24) is 9.36 Å². The molecule has 0 saturated carbocycles. The summed E-state index contributed by atoms with van der Waals surface area (Å²) in [4.78, 5) is 16.0. The van der Waals surface area contributed by atoms with Crippen molar-refractivity contribution in [2.75, 3.05) is 5.32 Å². The maximum absolute atomic E-state index is 13.1. The average molecular weight is 307 g/mol. The summed E-state index contributed by atoms with van der Waals surface area (Å²) in [7, 11) is 0. The number of rotatable bonds is 2. The van der Waals surface area contributed by atoms with Gasteiger partial charge in [-0.15, -0.1) is 0 Å². The predicted molar refractivity (Wildman–Crippen MR) is 64.2 cm³/mol. The molecule has 20 heavy (non-hydrogen) atoms. The number of halogens is 3. The summed E-state index contributed by atoms with van der Waals surface area (Å²) in [5, 5.41) is 2.64. The number of ether oxygens (including phenoxy) is 1. The van der Waals surface area contributed by atoms with E-state index in [0.717, 1.165) is 11.5 Å². The van der Waals surface area contributed by atoms with Crippen molar-refractivity contribution in [2.24, 2.45) is 11.8 Å². The normalized spacial score (nSPS) is 32.6. The third kappa shape index (κ3) is 2.28. The van der Waals surface area contributed by atoms with E-state index >= 15 is 0 Å². The van der Waals surface area contributed by atoms with Crippen LogP contribution in [0.3, 0.4) is 0 Å². The predicted octanol–water partition coefficient (Wildman–Crippen LogP) is 2.14. The largest absolute Gasteiger partial charge is 0.395 e. The van der Waals surface area contributed by atoms with Gasteiger partial charge in [0.2, 0.25) is 11.0 Å². The van der Waals surface area contributed by atoms with Gasteiger partial charge in [-0.3, -0.25) is 4.79 Å². The molecule has 2 aliphatic rings. The number of fused-ring (bicyclic) bond motifs is 2. The lowest BCUT2D eigenvalue weighted by molar-refractivity contribution is -0.196. The van der Waals surface area contributed by atoms with Crippen molar-refractivity contribution in [2.45, 2.75) is 38.1 Å². The van der Waals surface area contributed by atoms with Crippen LogP contribution in [0, 0.1) is 18.8 Å². The van der Waals surface area contributed by atoms with Crippen LogP contribution in [0.15, 0.2) is 0 Å². The van der Waals surface area contributed by atoms with Gasteiger partial charge in [-0.25, -0.2) is 4.98 Å². The molecule has 3 rings (SSSR count). The van der Waals surface area contributed by atoms with Crippen LogP contribution in [0.1, 0.15) is 18.7 Å². The van der Waals surface area contributed by atoms with Gasteiger partial charge in [0.15, 0.2) is 0 Å². The van der Waals surface area contributed by atoms with Crippen LogP contribution >= 0.6 is 11.5 Å². The van der Waals surface area contributed by atoms with E-state index in [1.54, 1.807) is 6.92 Å². The van der Waals surface area contributed by atoms with Crippen LogP contribution in [0.25, 0.3) is 0 Å². The molecule has 2 aliphatic heterocycles. The fourth-order valence-electron chi connectivity index (χ4n) is 2.96. The molecule has 3 heterocycles. The van der Waals surface area contributed by atoms with Gasteiger partial charge in [-0.1, -0.05) is 0 Å². The number of amides is 1. The Kier molecular flexibility index (Phi) is 3.20. The number of hydrogen-bond acceptors (Lipinski definition) is 5. The van der Waals surface area contributed by atoms with Crippen LogP contribution in [0.4, 0.5) is 18.3 Å². The molecule has 4 atom stereocenters. The Morgan fingerprint density at radius 3 is 2.70 bits per heavy atom. The van der Waals surface area contributed by atoms with E-state index in [-0.39, 0.29) is 5.13 Å². The minimum atomic E-state index is -4.43. The first-order valence-corrected chi connectivity index (χ1v) is 6.97. The second kappa shape index (κ2) is 4.66. The standard InChI is InChI=1S/C11H12F3N3O2S/c1-4-15-10(20-17-4)16-9(18)7-5-2-3-6(19-5)8(7)11(12,13)14/h5-8H,2-3H2,1H3,(H,15,16,17,18). The third-order valence-electron chi connectivity index (χ3n) is 3.71. The van der Waals surface area contributed by atoms with Gasteiger partial charge in [0.05, 0.1) is 24.0 Å². The topological polar surface area (TPSA) is 64.1 Å². The molecule has 0 aromatic carbocycles. The molecular formula is C11H12F3N3O2S. The minimum Gasteiger partial charge on any atom is -0.373 e. The molecule has 2 bridgehead atoms. The Morgan fingerprint density at radius 1 is 1.40 bits per heavy atom. The van der Waals surface area contributed by atoms with E-state index < -0.39 is 36.1 Å². The molecule has 2 fully saturated rings. The summed E-state index contributed by atoms with van der Waals surface area (Å²) >= 11 is 0.950. The highest BCUT2D eigenvalue weighted by Gasteiger charge is 2.62. The van der Waals surface area contributed by atoms with Gasteiger partial charge < -0.3 is 10.1 Å². The van der Waals surface area contributed by atoms with Crippen molar-refractivity contribution >= 4 is 22.6 Å². The third-order valence-corrected chi connectivity index (χ3v) is 4.43. The number of nitrogens with one attached hydrogen (secondary N) is 1. The van der Waals surface area contributed by atoms with Crippen LogP contribution in [-0.2, 0) is 9.53 Å². The number of carbonyl (C=O) groups excluding carboxylic acids is 1. The molecule has 1 N–H and O–H groups in total. The zero-order valence-corrected chi connectivity index (χ0v) is 11.3. The fourth-order valence-corrected chi connectivity index (χ4v) is 3.54. The van der Waals surface area contributed by atoms with E-state index in [4.69, 9.17) is 4.74 Å². The van der Waals surface area contributed by atoms with Crippen LogP contribution in [0.5, 0.6) is 0 Å². The molecule has 110 valence electrons. The molecule has 0 spiro atoms. The average Bonchev–Trinajstić information content (AvgIpc) is 3.02. The van der Waals surface area contributed by atoms with E-state index in [2.05, 4.69) is 14.7 Å². The van der Waals surface area contributed by atoms with Crippen molar-refractivity contribution < 1.29 is 22.7 Å². The Labute approximate surface area is 116 Å². The second-order valence-corrected chi connectivity index (χ2v) is 5.77. The molecule has 0 aliphatic carbocycles. The monoisotopic (exact) mass is 307 g/mol. The lowest BCUT2D eigenvalue weighted by Crippen LogP contribution is -2.44. The van der Waals surface area contributed by atoms with Crippen LogP contribution in [0.2, 0.25) is 0 Å². The molecule has 1 aromatic heterocycles. The summed E-state index contributed by atoms with van der Waals surface area (Å²) in [5.41, 5.74) is 0. The zero-order chi connectivity index (χ0) is 14.5. The van der Waals surface area contributed by atoms with E-state index in [1.165, 1.54) is 0 Å². The summed E-state index contributed by atoms with van der Waals surface area (Å²) in [5.74, 6) is -3.13. The highest BCUT2D eigenvalue weighted by atomic mass is 32.1. The fraction of sp³-hybridized carbons (Fsp3) is 0.727. The maximum atomic E-state index is 13.1. The number of alkyl halides is 3. The van der Waals surface area contributed by atoms with Crippen molar-refractivity contribution in [3.05, 3.63) is 5.82 Å². The summed E-state index contributed by atoms with van der Waals surface area (Å²) in [6, 6.07) is 0. The van der Waals surface area contributed by atoms with Crippen molar-refractivity contribution in [3.8, 4) is 0 Å². The smallest absolute Gasteiger partial charge is 0.373 e. The molecule has 1 aromatic rings. The van der Waals surface area contributed by atoms with Crippen LogP contribution < -0.4 is 5.32 Å². The first-order chi connectivity index (χ1) is 9.36. The summed E-state index contributed by atoms with van der Waals surface area (Å²) in [6.45, 7) is 1.64. The maximum Gasteiger partial charge on any atom is 0.395 e. The number of carbonyl (C=O) groups is 1. The number of nitrogens with zero attached hydrogens (tertiary/aromatic N) is 2. The van der Waals surface area contributed by atoms with E-state index in [1.807, 2.05) is 0 Å². The van der Waals surface area contributed by atoms with Gasteiger partial charge in [0.1, 0.15) is 5.82 Å². The lowest BCUT2D eigenvalue weighted by atomic mass is 9.78. The molecule has 0 radical (unpaired) electrons. The quantitative estimate of drug-likeness (QED) is 0.909. The highest BCUT2D eigenvalue weighted by Crippen LogP contribution is 2.50. The zero-order valence-electron chi connectivity index (χ0n) is 10.5. The Morgan fingerprint density at radius 2 is 2.10 bits per heavy atom. The molecule has 9 heteroatoms. The first kappa shape index (κ1) is 13.7. The minimum absolute atomic E-state index is 0.219. The molecule has 4 unspecified atom stereocenters. The molecule has 5 nitrogen and oxygen atoms in total. The molecular weight excluding hydrogens is 295 g/mol. The van der Waals surface area contributed by atoms with Crippen molar-refractivity contribution in [3.63, 3.8) is 0 Å². The van der Waals surface area contributed by atoms with Gasteiger partial charge in [-0.05, 0) is 19.8 Å². The number of aromatic nitrogens is 2. The highest BCUT2D eigenvalue weighted by molar-refractivity contribution is 7.09. The van der Waals surface area contributed by atoms with Gasteiger partial charge in [-0.2, -0.15) is 17.5 Å². The Bertz CT molecular complexity index is 533. The van der Waals surface area contributed by atoms with Crippen molar-refractivity contribution in [1.29, 1.82) is 0 Å². The first-order valence-electron chi connectivity index (χ1n) is 6.19. The Balaban J connectivity index is 1.79. The SMILES string of the molecule is Cc1nsc(NC(=O)C2C3CCC(O3)C2C(F)(F)F)n1. The number of hydrogen-bond donors (Lipinski definition) is 1. The molecule has 1 amide bonds. The number of anilines is 1. The van der Waals surface area contributed by atoms with Gasteiger partial charge in [0.25, 0.3) is 0 Å². The van der Waals surface area contributed by atoms with Gasteiger partial charge >= 0.3 is 6.18 Å².